The number of aromatic amines is 2. The van der Waals surface area contributed by atoms with Crippen LogP contribution in [0.1, 0.15) is 0 Å². The molecule has 2 aromatic heterocycles. The molecule has 0 saturated carbocycles. The Labute approximate surface area is 154 Å². The molecule has 0 spiro atoms. The number of hydroxylamine groups is 1. The molecule has 20 heavy (non-hydrogen) atoms. The van der Waals surface area contributed by atoms with Crippen molar-refractivity contribution < 1.29 is 66.1 Å². The van der Waals surface area contributed by atoms with Gasteiger partial charge in [-0.2, -0.15) is 0 Å². The number of H-pyrrole nitrogens is 2. The number of allylic oxidation sites excluding steroid dienone is 2. The van der Waals surface area contributed by atoms with Crippen LogP contribution in [0.15, 0.2) is 41.6 Å². The van der Waals surface area contributed by atoms with Crippen LogP contribution in [0, 0.1) is 0 Å². The van der Waals surface area contributed by atoms with Crippen molar-refractivity contribution in [2.24, 2.45) is 0 Å². The maximum absolute atomic E-state index is 10.9. The number of imidazole rings is 1. The third kappa shape index (κ3) is 4.28. The number of rotatable bonds is 1. The number of hydrogen-bond donors (Lipinski definition) is 3. The average Bonchev–Trinajstić information content (AvgIpc) is 2.90. The molecule has 0 unspecified atom stereocenters. The molecule has 0 fully saturated rings. The van der Waals surface area contributed by atoms with Crippen LogP contribution in [0.4, 0.5) is 0 Å². The predicted octanol–water partition coefficient (Wildman–Crippen LogP) is -4.68. The zero-order chi connectivity index (χ0) is 13.7. The summed E-state index contributed by atoms with van der Waals surface area (Å²) in [5.74, 6) is -1.28. The fourth-order valence-corrected chi connectivity index (χ4v) is 1.19. The summed E-state index contributed by atoms with van der Waals surface area (Å²) in [6.45, 7) is 0. The van der Waals surface area contributed by atoms with Gasteiger partial charge in [-0.1, -0.05) is 0 Å². The van der Waals surface area contributed by atoms with Gasteiger partial charge in [-0.3, -0.25) is 4.79 Å². The summed E-state index contributed by atoms with van der Waals surface area (Å²) < 4.78 is 0. The number of carboxylic acids is 1. The third-order valence-corrected chi connectivity index (χ3v) is 2.03. The van der Waals surface area contributed by atoms with Crippen molar-refractivity contribution in [3.05, 3.63) is 47.1 Å². The van der Waals surface area contributed by atoms with E-state index in [9.17, 15) is 14.7 Å². The summed E-state index contributed by atoms with van der Waals surface area (Å²) in [6.07, 6.45) is 6.89. The fourth-order valence-electron chi connectivity index (χ4n) is 1.19. The van der Waals surface area contributed by atoms with Crippen LogP contribution in [0.3, 0.4) is 0 Å². The molecule has 0 aliphatic carbocycles. The smallest absolute Gasteiger partial charge is 0.543 e. The molecule has 98 valence electrons. The van der Waals surface area contributed by atoms with Gasteiger partial charge in [-0.05, 0) is 12.2 Å². The molecular formula is C10H8KN5O4. The molecule has 0 aromatic carbocycles. The van der Waals surface area contributed by atoms with Crippen LogP contribution in [0.5, 0.6) is 0 Å². The topological polar surface area (TPSA) is 136 Å². The van der Waals surface area contributed by atoms with Gasteiger partial charge in [0.05, 0.1) is 24.3 Å². The Hall–Kier alpha value is -1.46. The largest absolute Gasteiger partial charge is 1.00 e. The van der Waals surface area contributed by atoms with Crippen molar-refractivity contribution in [1.29, 1.82) is 0 Å². The minimum Gasteiger partial charge on any atom is -0.543 e. The molecule has 9 nitrogen and oxygen atoms in total. The van der Waals surface area contributed by atoms with E-state index in [4.69, 9.17) is 0 Å². The average molecular weight is 301 g/mol. The van der Waals surface area contributed by atoms with Gasteiger partial charge in [0, 0.05) is 0 Å². The van der Waals surface area contributed by atoms with Crippen LogP contribution in [-0.2, 0) is 9.63 Å². The zero-order valence-corrected chi connectivity index (χ0v) is 13.5. The first-order valence-electron chi connectivity index (χ1n) is 5.05. The minimum atomic E-state index is -1.28. The number of carbonyl (C=O) groups is 1. The summed E-state index contributed by atoms with van der Waals surface area (Å²) in [5.41, 5.74) is 2.73. The summed E-state index contributed by atoms with van der Waals surface area (Å²) in [6, 6.07) is 0. The Balaban J connectivity index is 0.000000192. The second-order valence-electron chi connectivity index (χ2n) is 3.25. The van der Waals surface area contributed by atoms with Gasteiger partial charge < -0.3 is 24.7 Å². The normalized spacial score (nSPS) is 12.1. The van der Waals surface area contributed by atoms with E-state index in [1.807, 2.05) is 0 Å². The van der Waals surface area contributed by atoms with Gasteiger partial charge in [0.25, 0.3) is 5.56 Å². The molecule has 10 heteroatoms. The van der Waals surface area contributed by atoms with Gasteiger partial charge in [0.15, 0.2) is 11.2 Å². The number of carboxylic acid groups (broad SMARTS) is 1. The van der Waals surface area contributed by atoms with E-state index in [2.05, 4.69) is 30.3 Å². The van der Waals surface area contributed by atoms with E-state index in [0.717, 1.165) is 0 Å². The van der Waals surface area contributed by atoms with E-state index < -0.39 is 5.97 Å². The number of aliphatic carboxylic acids is 1. The van der Waals surface area contributed by atoms with E-state index in [-0.39, 0.29) is 62.6 Å². The Morgan fingerprint density at radius 1 is 1.25 bits per heavy atom. The van der Waals surface area contributed by atoms with Crippen LogP contribution in [0.2, 0.25) is 0 Å². The molecule has 3 rings (SSSR count). The van der Waals surface area contributed by atoms with Crippen LogP contribution in [-0.4, -0.2) is 25.9 Å². The molecule has 3 heterocycles. The van der Waals surface area contributed by atoms with E-state index in [1.165, 1.54) is 31.1 Å². The Morgan fingerprint density at radius 2 is 1.95 bits per heavy atom. The Kier molecular flexibility index (Phi) is 6.61. The van der Waals surface area contributed by atoms with Crippen molar-refractivity contribution in [1.82, 2.24) is 25.4 Å². The summed E-state index contributed by atoms with van der Waals surface area (Å²) in [7, 11) is 0. The summed E-state index contributed by atoms with van der Waals surface area (Å²) >= 11 is 0. The third-order valence-electron chi connectivity index (χ3n) is 2.03. The number of nitrogens with zero attached hydrogens (tertiary/aromatic N) is 2. The maximum atomic E-state index is 10.9. The van der Waals surface area contributed by atoms with E-state index in [0.29, 0.717) is 11.2 Å². The van der Waals surface area contributed by atoms with Gasteiger partial charge in [-0.15, -0.1) is 0 Å². The molecule has 0 amide bonds. The van der Waals surface area contributed by atoms with Gasteiger partial charge in [0.2, 0.25) is 0 Å². The van der Waals surface area contributed by atoms with E-state index in [1.54, 1.807) is 0 Å². The SMILES string of the molecule is O=C([O-])C1=CC=CON1.O=c1[nH]cnc2nc[nH]c12.[K+]. The number of carbonyl (C=O) groups excluding carboxylic acids is 1. The molecule has 1 aliphatic rings. The van der Waals surface area contributed by atoms with Crippen molar-refractivity contribution >= 4 is 17.1 Å². The number of fused-ring (bicyclic) bond motifs is 1. The van der Waals surface area contributed by atoms with Crippen molar-refractivity contribution in [2.75, 3.05) is 0 Å². The van der Waals surface area contributed by atoms with Gasteiger partial charge in [-0.25, -0.2) is 15.4 Å². The van der Waals surface area contributed by atoms with Crippen molar-refractivity contribution in [2.45, 2.75) is 0 Å². The summed E-state index contributed by atoms with van der Waals surface area (Å²) in [4.78, 5) is 38.0. The summed E-state index contributed by atoms with van der Waals surface area (Å²) in [5, 5.41) is 10.00. The monoisotopic (exact) mass is 301 g/mol. The molecule has 2 aromatic rings. The first-order chi connectivity index (χ1) is 9.18. The van der Waals surface area contributed by atoms with Crippen molar-refractivity contribution in [3.8, 4) is 0 Å². The molecule has 0 bridgehead atoms. The predicted molar refractivity (Wildman–Crippen MR) is 61.0 cm³/mol. The van der Waals surface area contributed by atoms with Crippen LogP contribution >= 0.6 is 0 Å². The van der Waals surface area contributed by atoms with Crippen LogP contribution in [0.25, 0.3) is 11.2 Å². The zero-order valence-electron chi connectivity index (χ0n) is 10.4. The number of hydrogen-bond acceptors (Lipinski definition) is 7. The van der Waals surface area contributed by atoms with Crippen LogP contribution < -0.4 is 67.5 Å². The molecule has 0 radical (unpaired) electrons. The molecule has 0 atom stereocenters. The second-order valence-corrected chi connectivity index (χ2v) is 3.25. The maximum Gasteiger partial charge on any atom is 1.00 e. The van der Waals surface area contributed by atoms with Gasteiger partial charge in [0.1, 0.15) is 6.26 Å². The number of nitrogens with one attached hydrogen (secondary N) is 3. The first-order valence-corrected chi connectivity index (χ1v) is 5.05. The molecule has 1 aliphatic heterocycles. The Morgan fingerprint density at radius 3 is 2.45 bits per heavy atom. The molecular weight excluding hydrogens is 293 g/mol. The second kappa shape index (κ2) is 7.97. The number of aromatic nitrogens is 4. The van der Waals surface area contributed by atoms with Crippen molar-refractivity contribution in [3.63, 3.8) is 0 Å². The quantitative estimate of drug-likeness (QED) is 0.450. The molecule has 3 N–H and O–H groups in total. The first kappa shape index (κ1) is 16.6. The van der Waals surface area contributed by atoms with Gasteiger partial charge >= 0.3 is 51.4 Å². The standard InChI is InChI=1S/C5H4N4O.C5H5NO3.K/c10-5-3-4(7-1-6-3)8-2-9-5;7-5(8)4-2-1-3-9-6-4;/h1-2H,(H2,6,7,8,9,10);1-3,6H,(H,7,8);/q;;+1/p-1. The van der Waals surface area contributed by atoms with E-state index >= 15 is 0 Å². The minimum absolute atomic E-state index is 0. The molecule has 0 saturated heterocycles. The fraction of sp³-hybridized carbons (Fsp3) is 0. The Bertz CT molecular complexity index is 705.